The van der Waals surface area contributed by atoms with Crippen molar-refractivity contribution >= 4 is 10.1 Å². The van der Waals surface area contributed by atoms with Gasteiger partial charge in [-0.25, -0.2) is 0 Å². The van der Waals surface area contributed by atoms with Crippen molar-refractivity contribution in [3.8, 4) is 0 Å². The maximum absolute atomic E-state index is 11.2. The first kappa shape index (κ1) is 9.22. The molecule has 0 N–H and O–H groups in total. The molecular weight excluding hydrogens is 182 g/mol. The van der Waals surface area contributed by atoms with Crippen LogP contribution in [0.4, 0.5) is 0 Å². The van der Waals surface area contributed by atoms with Crippen LogP contribution in [0.2, 0.25) is 0 Å². The fourth-order valence-electron chi connectivity index (χ4n) is 0.810. The fraction of sp³-hybridized carbons (Fsp3) is 0.250. The highest BCUT2D eigenvalue weighted by Crippen LogP contribution is 2.10. The molecular formula is C8H10O3S. The van der Waals surface area contributed by atoms with E-state index in [1.165, 1.54) is 12.1 Å². The van der Waals surface area contributed by atoms with Gasteiger partial charge in [-0.05, 0) is 19.1 Å². The normalized spacial score (nSPS) is 11.4. The van der Waals surface area contributed by atoms with Crippen molar-refractivity contribution in [2.45, 2.75) is 11.8 Å². The van der Waals surface area contributed by atoms with Crippen molar-refractivity contribution in [1.29, 1.82) is 0 Å². The Morgan fingerprint density at radius 1 is 1.25 bits per heavy atom. The summed E-state index contributed by atoms with van der Waals surface area (Å²) in [6.07, 6.45) is 0. The Morgan fingerprint density at radius 3 is 2.33 bits per heavy atom. The first-order chi connectivity index (χ1) is 5.67. The Bertz CT molecular complexity index is 329. The van der Waals surface area contributed by atoms with Gasteiger partial charge in [-0.2, -0.15) is 8.42 Å². The molecule has 0 unspecified atom stereocenters. The molecule has 0 heterocycles. The minimum atomic E-state index is -3.51. The Kier molecular flexibility index (Phi) is 2.83. The Morgan fingerprint density at radius 2 is 1.83 bits per heavy atom. The maximum Gasteiger partial charge on any atom is 0.296 e. The summed E-state index contributed by atoms with van der Waals surface area (Å²) in [4.78, 5) is 0.201. The standard InChI is InChI=1S/C8H10O3S/c1-2-11-12(9,10)8-6-4-3-5-7-8/h3-7H,2H2,1H3/i3+1,4+1,5+1,6+1,7+1,8+1. The van der Waals surface area contributed by atoms with Gasteiger partial charge in [0.2, 0.25) is 0 Å². The van der Waals surface area contributed by atoms with Crippen molar-refractivity contribution in [2.24, 2.45) is 0 Å². The molecule has 0 radical (unpaired) electrons. The second-order valence-electron chi connectivity index (χ2n) is 2.17. The molecule has 0 aliphatic heterocycles. The van der Waals surface area contributed by atoms with Crippen LogP contribution in [0.5, 0.6) is 0 Å². The van der Waals surface area contributed by atoms with Gasteiger partial charge in [-0.3, -0.25) is 4.18 Å². The third-order valence-electron chi connectivity index (χ3n) is 1.30. The van der Waals surface area contributed by atoms with Crippen molar-refractivity contribution in [2.75, 3.05) is 6.61 Å². The highest BCUT2D eigenvalue weighted by molar-refractivity contribution is 7.86. The van der Waals surface area contributed by atoms with Gasteiger partial charge in [-0.1, -0.05) is 18.2 Å². The van der Waals surface area contributed by atoms with Crippen LogP contribution >= 0.6 is 0 Å². The van der Waals surface area contributed by atoms with E-state index in [1.807, 2.05) is 0 Å². The van der Waals surface area contributed by atoms with E-state index in [0.717, 1.165) is 0 Å². The summed E-state index contributed by atoms with van der Waals surface area (Å²) in [5, 5.41) is 0. The topological polar surface area (TPSA) is 43.4 Å². The minimum absolute atomic E-state index is 0.164. The van der Waals surface area contributed by atoms with Gasteiger partial charge in [0.1, 0.15) is 0 Å². The molecule has 0 saturated heterocycles. The van der Waals surface area contributed by atoms with E-state index in [-0.39, 0.29) is 11.5 Å². The van der Waals surface area contributed by atoms with Gasteiger partial charge in [0.25, 0.3) is 10.1 Å². The number of hydrogen-bond acceptors (Lipinski definition) is 3. The first-order valence-corrected chi connectivity index (χ1v) is 5.02. The lowest BCUT2D eigenvalue weighted by atomic mass is 10.9. The molecule has 66 valence electrons. The fourth-order valence-corrected chi connectivity index (χ4v) is 1.75. The van der Waals surface area contributed by atoms with Gasteiger partial charge < -0.3 is 0 Å². The molecule has 0 amide bonds. The third-order valence-corrected chi connectivity index (χ3v) is 2.70. The summed E-state index contributed by atoms with van der Waals surface area (Å²) in [5.41, 5.74) is 0. The van der Waals surface area contributed by atoms with Crippen LogP contribution < -0.4 is 0 Å². The summed E-state index contributed by atoms with van der Waals surface area (Å²) >= 11 is 0. The highest BCUT2D eigenvalue weighted by Gasteiger charge is 2.11. The molecule has 0 atom stereocenters. The summed E-state index contributed by atoms with van der Waals surface area (Å²) < 4.78 is 27.0. The molecule has 0 aromatic heterocycles. The molecule has 1 aromatic rings. The van der Waals surface area contributed by atoms with Crippen LogP contribution in [-0.2, 0) is 14.3 Å². The zero-order valence-corrected chi connectivity index (χ0v) is 7.54. The largest absolute Gasteiger partial charge is 0.296 e. The van der Waals surface area contributed by atoms with Crippen LogP contribution in [-0.4, -0.2) is 15.0 Å². The molecule has 0 saturated carbocycles. The van der Waals surface area contributed by atoms with Gasteiger partial charge in [-0.15, -0.1) is 0 Å². The van der Waals surface area contributed by atoms with Crippen LogP contribution in [0.3, 0.4) is 0 Å². The van der Waals surface area contributed by atoms with Crippen LogP contribution in [0.15, 0.2) is 35.2 Å². The van der Waals surface area contributed by atoms with Gasteiger partial charge in [0, 0.05) is 0 Å². The lowest BCUT2D eigenvalue weighted by Crippen LogP contribution is -2.05. The first-order valence-electron chi connectivity index (χ1n) is 3.61. The van der Waals surface area contributed by atoms with Gasteiger partial charge in [0.05, 0.1) is 11.5 Å². The van der Waals surface area contributed by atoms with E-state index < -0.39 is 10.1 Å². The summed E-state index contributed by atoms with van der Waals surface area (Å²) in [6, 6.07) is 8.08. The molecule has 1 rings (SSSR count). The lowest BCUT2D eigenvalue weighted by molar-refractivity contribution is 0.338. The molecule has 0 fully saturated rings. The number of hydrogen-bond donors (Lipinski definition) is 0. The van der Waals surface area contributed by atoms with Gasteiger partial charge >= 0.3 is 0 Å². The lowest BCUT2D eigenvalue weighted by Gasteiger charge is -2.01. The quantitative estimate of drug-likeness (QED) is 0.680. The monoisotopic (exact) mass is 192 g/mol. The molecule has 1 aromatic carbocycles. The molecule has 3 nitrogen and oxygen atoms in total. The van der Waals surface area contributed by atoms with E-state index >= 15 is 0 Å². The predicted octanol–water partition coefficient (Wildman–Crippen LogP) is 1.41. The minimum Gasteiger partial charge on any atom is -0.267 e. The Hall–Kier alpha value is -0.870. The van der Waals surface area contributed by atoms with Crippen molar-refractivity contribution < 1.29 is 12.6 Å². The molecule has 0 aliphatic rings. The van der Waals surface area contributed by atoms with E-state index in [0.29, 0.717) is 0 Å². The SMILES string of the molecule is CCOS(=O)(=O)[13c]1[13cH][13cH][13cH][13cH][13cH]1. The van der Waals surface area contributed by atoms with E-state index in [4.69, 9.17) is 0 Å². The highest BCUT2D eigenvalue weighted by atomic mass is 32.2. The molecule has 0 bridgehead atoms. The average Bonchev–Trinajstić information content (AvgIpc) is 2.06. The third kappa shape index (κ3) is 2.06. The smallest absolute Gasteiger partial charge is 0.267 e. The zero-order valence-electron chi connectivity index (χ0n) is 6.73. The van der Waals surface area contributed by atoms with Crippen LogP contribution in [0, 0.1) is 0 Å². The summed E-state index contributed by atoms with van der Waals surface area (Å²) in [5.74, 6) is 0. The van der Waals surface area contributed by atoms with Crippen molar-refractivity contribution in [3.05, 3.63) is 30.3 Å². The maximum atomic E-state index is 11.2. The second-order valence-corrected chi connectivity index (χ2v) is 3.79. The second kappa shape index (κ2) is 3.69. The van der Waals surface area contributed by atoms with Crippen LogP contribution in [0.25, 0.3) is 0 Å². The van der Waals surface area contributed by atoms with E-state index in [9.17, 15) is 8.42 Å². The van der Waals surface area contributed by atoms with Crippen molar-refractivity contribution in [1.82, 2.24) is 0 Å². The van der Waals surface area contributed by atoms with Crippen molar-refractivity contribution in [3.63, 3.8) is 0 Å². The molecule has 12 heavy (non-hydrogen) atoms. The van der Waals surface area contributed by atoms with E-state index in [2.05, 4.69) is 4.18 Å². The molecule has 0 spiro atoms. The summed E-state index contributed by atoms with van der Waals surface area (Å²) in [7, 11) is -3.51. The predicted molar refractivity (Wildman–Crippen MR) is 45.3 cm³/mol. The number of benzene rings is 1. The summed E-state index contributed by atoms with van der Waals surface area (Å²) in [6.45, 7) is 1.80. The van der Waals surface area contributed by atoms with Gasteiger partial charge in [0.15, 0.2) is 0 Å². The molecule has 4 heteroatoms. The van der Waals surface area contributed by atoms with Crippen LogP contribution in [0.1, 0.15) is 6.92 Å². The Labute approximate surface area is 72.1 Å². The Balaban J connectivity index is 2.99. The zero-order chi connectivity index (χ0) is 9.03. The number of rotatable bonds is 3. The average molecular weight is 192 g/mol. The molecule has 0 aliphatic carbocycles. The van der Waals surface area contributed by atoms with E-state index in [1.54, 1.807) is 25.1 Å².